The molecule has 0 bridgehead atoms. The van der Waals surface area contributed by atoms with Crippen LogP contribution in [0.2, 0.25) is 0 Å². The van der Waals surface area contributed by atoms with Crippen molar-refractivity contribution in [3.8, 4) is 0 Å². The minimum absolute atomic E-state index is 0.0755. The number of piperidine rings is 1. The fourth-order valence-corrected chi connectivity index (χ4v) is 3.47. The molecule has 1 fully saturated rings. The molecule has 128 valence electrons. The maximum atomic E-state index is 12.8. The zero-order chi connectivity index (χ0) is 17.2. The van der Waals surface area contributed by atoms with Crippen molar-refractivity contribution < 1.29 is 9.21 Å². The van der Waals surface area contributed by atoms with Crippen LogP contribution in [-0.2, 0) is 0 Å². The Bertz CT molecular complexity index is 891. The highest BCUT2D eigenvalue weighted by Gasteiger charge is 2.25. The summed E-state index contributed by atoms with van der Waals surface area (Å²) >= 11 is 0. The summed E-state index contributed by atoms with van der Waals surface area (Å²) in [5.74, 6) is 1.43. The maximum Gasteiger partial charge on any atom is 0.255 e. The second-order valence-corrected chi connectivity index (χ2v) is 6.37. The molecule has 0 aliphatic carbocycles. The van der Waals surface area contributed by atoms with Crippen LogP contribution in [0, 0.1) is 6.92 Å². The molecule has 0 spiro atoms. The van der Waals surface area contributed by atoms with Gasteiger partial charge in [0.05, 0.1) is 5.56 Å². The predicted octanol–water partition coefficient (Wildman–Crippen LogP) is 2.93. The number of hydrogen-bond donors (Lipinski definition) is 1. The lowest BCUT2D eigenvalue weighted by Crippen LogP contribution is -2.48. The lowest BCUT2D eigenvalue weighted by molar-refractivity contribution is 0.0933. The van der Waals surface area contributed by atoms with E-state index in [4.69, 9.17) is 4.42 Å². The van der Waals surface area contributed by atoms with Crippen molar-refractivity contribution in [2.75, 3.05) is 18.0 Å². The highest BCUT2D eigenvalue weighted by atomic mass is 16.3. The van der Waals surface area contributed by atoms with Gasteiger partial charge in [0, 0.05) is 30.7 Å². The van der Waals surface area contributed by atoms with Gasteiger partial charge < -0.3 is 14.6 Å². The number of benzene rings is 1. The van der Waals surface area contributed by atoms with Gasteiger partial charge in [-0.2, -0.15) is 5.10 Å². The number of nitrogens with one attached hydrogen (secondary N) is 1. The lowest BCUT2D eigenvalue weighted by Gasteiger charge is -2.33. The normalized spacial score (nSPS) is 17.6. The van der Waals surface area contributed by atoms with Gasteiger partial charge >= 0.3 is 0 Å². The monoisotopic (exact) mass is 336 g/mol. The molecule has 6 heteroatoms. The van der Waals surface area contributed by atoms with Gasteiger partial charge in [-0.15, -0.1) is 5.10 Å². The fourth-order valence-electron chi connectivity index (χ4n) is 3.47. The summed E-state index contributed by atoms with van der Waals surface area (Å²) in [4.78, 5) is 15.0. The second kappa shape index (κ2) is 6.55. The Morgan fingerprint density at radius 1 is 1.28 bits per heavy atom. The third kappa shape index (κ3) is 3.07. The smallest absolute Gasteiger partial charge is 0.255 e. The summed E-state index contributed by atoms with van der Waals surface area (Å²) in [7, 11) is 0. The van der Waals surface area contributed by atoms with Gasteiger partial charge in [-0.05, 0) is 38.0 Å². The molecule has 1 atom stereocenters. The minimum Gasteiger partial charge on any atom is -0.461 e. The van der Waals surface area contributed by atoms with Crippen LogP contribution in [0.1, 0.15) is 29.0 Å². The molecule has 0 radical (unpaired) electrons. The Hall–Kier alpha value is -2.89. The predicted molar refractivity (Wildman–Crippen MR) is 95.7 cm³/mol. The van der Waals surface area contributed by atoms with E-state index in [9.17, 15) is 4.79 Å². The Labute approximate surface area is 145 Å². The molecular formula is C19H20N4O2. The van der Waals surface area contributed by atoms with E-state index < -0.39 is 0 Å². The first-order valence-electron chi connectivity index (χ1n) is 8.54. The third-order valence-corrected chi connectivity index (χ3v) is 4.64. The van der Waals surface area contributed by atoms with Crippen LogP contribution in [0.25, 0.3) is 11.0 Å². The van der Waals surface area contributed by atoms with E-state index in [0.717, 1.165) is 42.7 Å². The van der Waals surface area contributed by atoms with Crippen molar-refractivity contribution in [1.82, 2.24) is 15.5 Å². The Kier molecular flexibility index (Phi) is 4.09. The number of nitrogens with zero attached hydrogens (tertiary/aromatic N) is 3. The van der Waals surface area contributed by atoms with Gasteiger partial charge in [-0.1, -0.05) is 18.2 Å². The third-order valence-electron chi connectivity index (χ3n) is 4.64. The Morgan fingerprint density at radius 2 is 2.16 bits per heavy atom. The molecule has 2 aromatic heterocycles. The van der Waals surface area contributed by atoms with Crippen molar-refractivity contribution in [1.29, 1.82) is 0 Å². The number of amides is 1. The SMILES string of the molecule is Cc1oc2ccccc2c1C(=O)NC1CCCN(c2cccnn2)C1. The molecule has 1 unspecified atom stereocenters. The van der Waals surface area contributed by atoms with E-state index in [1.807, 2.05) is 43.3 Å². The highest BCUT2D eigenvalue weighted by Crippen LogP contribution is 2.25. The number of hydrogen-bond acceptors (Lipinski definition) is 5. The summed E-state index contributed by atoms with van der Waals surface area (Å²) in [6, 6.07) is 11.5. The summed E-state index contributed by atoms with van der Waals surface area (Å²) in [6.45, 7) is 3.50. The van der Waals surface area contributed by atoms with Crippen molar-refractivity contribution in [2.24, 2.45) is 0 Å². The topological polar surface area (TPSA) is 71.3 Å². The Balaban J connectivity index is 1.51. The van der Waals surface area contributed by atoms with Gasteiger partial charge in [0.15, 0.2) is 5.82 Å². The molecule has 1 aliphatic rings. The van der Waals surface area contributed by atoms with Crippen molar-refractivity contribution in [2.45, 2.75) is 25.8 Å². The summed E-state index contributed by atoms with van der Waals surface area (Å²) in [5.41, 5.74) is 1.38. The first-order chi connectivity index (χ1) is 12.2. The van der Waals surface area contributed by atoms with Crippen molar-refractivity contribution in [3.63, 3.8) is 0 Å². The average Bonchev–Trinajstić information content (AvgIpc) is 2.98. The summed E-state index contributed by atoms with van der Waals surface area (Å²) in [5, 5.41) is 12.1. The molecule has 4 rings (SSSR count). The molecule has 3 heterocycles. The number of carbonyl (C=O) groups excluding carboxylic acids is 1. The Morgan fingerprint density at radius 3 is 3.00 bits per heavy atom. The van der Waals surface area contributed by atoms with Crippen molar-refractivity contribution >= 4 is 22.7 Å². The molecule has 1 amide bonds. The van der Waals surface area contributed by atoms with Crippen LogP contribution < -0.4 is 10.2 Å². The summed E-state index contributed by atoms with van der Waals surface area (Å²) < 4.78 is 5.71. The van der Waals surface area contributed by atoms with Crippen LogP contribution in [0.3, 0.4) is 0 Å². The van der Waals surface area contributed by atoms with Gasteiger partial charge in [0.1, 0.15) is 11.3 Å². The summed E-state index contributed by atoms with van der Waals surface area (Å²) in [6.07, 6.45) is 3.63. The lowest BCUT2D eigenvalue weighted by atomic mass is 10.0. The zero-order valence-corrected chi connectivity index (χ0v) is 14.1. The van der Waals surface area contributed by atoms with Crippen LogP contribution in [0.5, 0.6) is 0 Å². The molecule has 1 saturated heterocycles. The molecule has 0 saturated carbocycles. The van der Waals surface area contributed by atoms with E-state index in [0.29, 0.717) is 11.3 Å². The molecule has 3 aromatic rings. The largest absolute Gasteiger partial charge is 0.461 e. The highest BCUT2D eigenvalue weighted by molar-refractivity contribution is 6.07. The molecule has 1 N–H and O–H groups in total. The fraction of sp³-hybridized carbons (Fsp3) is 0.316. The van der Waals surface area contributed by atoms with Crippen LogP contribution in [0.15, 0.2) is 47.0 Å². The molecule has 1 aliphatic heterocycles. The quantitative estimate of drug-likeness (QED) is 0.796. The molecule has 25 heavy (non-hydrogen) atoms. The standard InChI is InChI=1S/C19H20N4O2/c1-13-18(15-7-2-3-8-16(15)25-13)19(24)21-14-6-5-11-23(12-14)17-9-4-10-20-22-17/h2-4,7-10,14H,5-6,11-12H2,1H3,(H,21,24). The van der Waals surface area contributed by atoms with E-state index >= 15 is 0 Å². The first-order valence-corrected chi connectivity index (χ1v) is 8.54. The van der Waals surface area contributed by atoms with E-state index in [2.05, 4.69) is 20.4 Å². The number of furan rings is 1. The zero-order valence-electron chi connectivity index (χ0n) is 14.1. The van der Waals surface area contributed by atoms with Crippen molar-refractivity contribution in [3.05, 3.63) is 53.9 Å². The van der Waals surface area contributed by atoms with E-state index in [1.165, 1.54) is 0 Å². The first kappa shape index (κ1) is 15.6. The average molecular weight is 336 g/mol. The minimum atomic E-state index is -0.0755. The number of para-hydroxylation sites is 1. The molecular weight excluding hydrogens is 316 g/mol. The molecule has 1 aromatic carbocycles. The van der Waals surface area contributed by atoms with Gasteiger partial charge in [-0.25, -0.2) is 0 Å². The molecule has 6 nitrogen and oxygen atoms in total. The number of aromatic nitrogens is 2. The number of aryl methyl sites for hydroxylation is 1. The van der Waals surface area contributed by atoms with Crippen LogP contribution in [-0.4, -0.2) is 35.2 Å². The van der Waals surface area contributed by atoms with E-state index in [-0.39, 0.29) is 11.9 Å². The maximum absolute atomic E-state index is 12.8. The van der Waals surface area contributed by atoms with Crippen LogP contribution >= 0.6 is 0 Å². The van der Waals surface area contributed by atoms with Crippen LogP contribution in [0.4, 0.5) is 5.82 Å². The van der Waals surface area contributed by atoms with E-state index in [1.54, 1.807) is 6.20 Å². The number of carbonyl (C=O) groups is 1. The van der Waals surface area contributed by atoms with Gasteiger partial charge in [-0.3, -0.25) is 4.79 Å². The van der Waals surface area contributed by atoms with Gasteiger partial charge in [0.2, 0.25) is 0 Å². The number of rotatable bonds is 3. The number of anilines is 1. The second-order valence-electron chi connectivity index (χ2n) is 6.37. The number of fused-ring (bicyclic) bond motifs is 1. The van der Waals surface area contributed by atoms with Gasteiger partial charge in [0.25, 0.3) is 5.91 Å².